The summed E-state index contributed by atoms with van der Waals surface area (Å²) in [5, 5.41) is 5.53. The van der Waals surface area contributed by atoms with Crippen LogP contribution in [0.3, 0.4) is 0 Å². The van der Waals surface area contributed by atoms with Crippen LogP contribution in [0, 0.1) is 23.7 Å². The van der Waals surface area contributed by atoms with Crippen LogP contribution in [0.1, 0.15) is 98.8 Å². The van der Waals surface area contributed by atoms with Crippen LogP contribution in [-0.4, -0.2) is 12.7 Å². The van der Waals surface area contributed by atoms with Crippen LogP contribution in [0.4, 0.5) is 9.80 Å². The molecule has 0 aliphatic heterocycles. The maximum absolute atomic E-state index is 11.7. The van der Waals surface area contributed by atoms with Gasteiger partial charge < -0.3 is 4.74 Å². The number of rotatable bonds is 16. The van der Waals surface area contributed by atoms with Crippen molar-refractivity contribution in [3.05, 3.63) is 17.5 Å². The lowest BCUT2D eigenvalue weighted by Gasteiger charge is -2.16. The molecule has 0 fully saturated rings. The van der Waals surface area contributed by atoms with Crippen LogP contribution >= 0.6 is 11.3 Å². The fourth-order valence-corrected chi connectivity index (χ4v) is 4.38. The fraction of sp³-hybridized carbons (Fsp3) is 0.800. The van der Waals surface area contributed by atoms with Crippen molar-refractivity contribution >= 4 is 22.4 Å². The summed E-state index contributed by atoms with van der Waals surface area (Å²) in [4.78, 5) is 11.7. The second-order valence-corrected chi connectivity index (χ2v) is 10.5. The second-order valence-electron chi connectivity index (χ2n) is 9.53. The quantitative estimate of drug-likeness (QED) is 0.288. The smallest absolute Gasteiger partial charge is 0.412 e. The lowest BCUT2D eigenvalue weighted by atomic mass is 9.91. The van der Waals surface area contributed by atoms with Crippen molar-refractivity contribution in [3.8, 4) is 0 Å². The highest BCUT2D eigenvalue weighted by Gasteiger charge is 2.09. The van der Waals surface area contributed by atoms with Gasteiger partial charge in [0.05, 0.1) is 11.6 Å². The van der Waals surface area contributed by atoms with Gasteiger partial charge in [0.1, 0.15) is 0 Å². The molecule has 0 radical (unpaired) electrons. The maximum Gasteiger partial charge on any atom is 0.412 e. The number of anilines is 1. The molecule has 1 heterocycles. The number of amides is 1. The molecule has 0 saturated carbocycles. The van der Waals surface area contributed by atoms with E-state index in [-0.39, 0.29) is 6.09 Å². The van der Waals surface area contributed by atoms with E-state index in [9.17, 15) is 4.79 Å². The largest absolute Gasteiger partial charge is 0.449 e. The molecule has 29 heavy (non-hydrogen) atoms. The SMILES string of the molecule is CC(C)CCCC(C)CCCC(C)CCCC(C)CCOC(=O)Nc1cccs1. The van der Waals surface area contributed by atoms with E-state index >= 15 is 0 Å². The molecule has 3 unspecified atom stereocenters. The summed E-state index contributed by atoms with van der Waals surface area (Å²) in [6.07, 6.45) is 12.8. The third-order valence-electron chi connectivity index (χ3n) is 5.86. The molecular weight excluding hydrogens is 378 g/mol. The Hall–Kier alpha value is -1.03. The zero-order valence-corrected chi connectivity index (χ0v) is 20.4. The van der Waals surface area contributed by atoms with Crippen LogP contribution < -0.4 is 5.32 Å². The van der Waals surface area contributed by atoms with Gasteiger partial charge >= 0.3 is 6.09 Å². The first-order valence-corrected chi connectivity index (χ1v) is 12.7. The summed E-state index contributed by atoms with van der Waals surface area (Å²) in [7, 11) is 0. The number of hydrogen-bond donors (Lipinski definition) is 1. The van der Waals surface area contributed by atoms with Gasteiger partial charge in [-0.15, -0.1) is 11.3 Å². The molecule has 0 spiro atoms. The molecule has 0 bridgehead atoms. The van der Waals surface area contributed by atoms with Gasteiger partial charge in [-0.1, -0.05) is 92.4 Å². The number of carbonyl (C=O) groups is 1. The normalized spacial score (nSPS) is 14.6. The third-order valence-corrected chi connectivity index (χ3v) is 6.64. The Morgan fingerprint density at radius 2 is 1.38 bits per heavy atom. The first-order chi connectivity index (χ1) is 13.9. The van der Waals surface area contributed by atoms with Crippen molar-refractivity contribution < 1.29 is 9.53 Å². The predicted octanol–water partition coefficient (Wildman–Crippen LogP) is 8.76. The van der Waals surface area contributed by atoms with Crippen molar-refractivity contribution in [3.63, 3.8) is 0 Å². The van der Waals surface area contributed by atoms with Crippen molar-refractivity contribution in [2.45, 2.75) is 98.8 Å². The van der Waals surface area contributed by atoms with Gasteiger partial charge in [0, 0.05) is 0 Å². The lowest BCUT2D eigenvalue weighted by Crippen LogP contribution is -2.14. The van der Waals surface area contributed by atoms with Gasteiger partial charge in [-0.3, -0.25) is 5.32 Å². The first-order valence-electron chi connectivity index (χ1n) is 11.8. The molecule has 0 aliphatic carbocycles. The minimum Gasteiger partial charge on any atom is -0.449 e. The highest BCUT2D eigenvalue weighted by atomic mass is 32.1. The summed E-state index contributed by atoms with van der Waals surface area (Å²) >= 11 is 1.50. The fourth-order valence-electron chi connectivity index (χ4n) is 3.78. The standard InChI is InChI=1S/C25H45NO2S/c1-20(2)10-6-11-21(3)12-7-13-22(4)14-8-15-23(5)17-18-28-25(27)26-24-16-9-19-29-24/h9,16,19-23H,6-8,10-15,17-18H2,1-5H3,(H,26,27). The van der Waals surface area contributed by atoms with Gasteiger partial charge in [0.25, 0.3) is 0 Å². The van der Waals surface area contributed by atoms with Crippen LogP contribution in [-0.2, 0) is 4.74 Å². The Balaban J connectivity index is 1.97. The maximum atomic E-state index is 11.7. The molecular formula is C25H45NO2S. The number of carbonyl (C=O) groups excluding carboxylic acids is 1. The van der Waals surface area contributed by atoms with Gasteiger partial charge in [-0.05, 0) is 47.6 Å². The highest BCUT2D eigenvalue weighted by Crippen LogP contribution is 2.22. The minimum atomic E-state index is -0.341. The molecule has 3 nitrogen and oxygen atoms in total. The Morgan fingerprint density at radius 3 is 1.86 bits per heavy atom. The molecule has 1 N–H and O–H groups in total. The van der Waals surface area contributed by atoms with Gasteiger partial charge in [-0.25, -0.2) is 4.79 Å². The van der Waals surface area contributed by atoms with E-state index in [1.54, 1.807) is 0 Å². The minimum absolute atomic E-state index is 0.341. The Kier molecular flexibility index (Phi) is 14.1. The molecule has 0 saturated heterocycles. The second kappa shape index (κ2) is 15.8. The average Bonchev–Trinajstić information content (AvgIpc) is 3.14. The van der Waals surface area contributed by atoms with Crippen molar-refractivity contribution in [2.24, 2.45) is 23.7 Å². The molecule has 1 aromatic rings. The summed E-state index contributed by atoms with van der Waals surface area (Å²) in [5.41, 5.74) is 0. The van der Waals surface area contributed by atoms with Crippen LogP contribution in [0.2, 0.25) is 0 Å². The van der Waals surface area contributed by atoms with E-state index in [2.05, 4.69) is 39.9 Å². The summed E-state index contributed by atoms with van der Waals surface area (Å²) in [5.74, 6) is 3.17. The monoisotopic (exact) mass is 423 g/mol. The van der Waals surface area contributed by atoms with Crippen LogP contribution in [0.25, 0.3) is 0 Å². The van der Waals surface area contributed by atoms with E-state index < -0.39 is 0 Å². The van der Waals surface area contributed by atoms with Crippen molar-refractivity contribution in [1.82, 2.24) is 0 Å². The Labute approximate surface area is 184 Å². The number of ether oxygens (including phenoxy) is 1. The molecule has 0 aromatic carbocycles. The van der Waals surface area contributed by atoms with E-state index in [0.717, 1.165) is 29.2 Å². The molecule has 1 rings (SSSR count). The number of thiophene rings is 1. The lowest BCUT2D eigenvalue weighted by molar-refractivity contribution is 0.153. The highest BCUT2D eigenvalue weighted by molar-refractivity contribution is 7.14. The van der Waals surface area contributed by atoms with E-state index in [1.807, 2.05) is 17.5 Å². The molecule has 0 aliphatic rings. The van der Waals surface area contributed by atoms with Gasteiger partial charge in [0.2, 0.25) is 0 Å². The number of nitrogens with one attached hydrogen (secondary N) is 1. The molecule has 3 atom stereocenters. The third kappa shape index (κ3) is 14.6. The Bertz CT molecular complexity index is 515. The van der Waals surface area contributed by atoms with E-state index in [0.29, 0.717) is 12.5 Å². The van der Waals surface area contributed by atoms with E-state index in [1.165, 1.54) is 69.1 Å². The summed E-state index contributed by atoms with van der Waals surface area (Å²) in [6.45, 7) is 12.3. The van der Waals surface area contributed by atoms with Crippen LogP contribution in [0.15, 0.2) is 17.5 Å². The predicted molar refractivity (Wildman–Crippen MR) is 128 cm³/mol. The van der Waals surface area contributed by atoms with Crippen LogP contribution in [0.5, 0.6) is 0 Å². The first kappa shape index (κ1) is 26.0. The zero-order chi connectivity index (χ0) is 21.5. The topological polar surface area (TPSA) is 38.3 Å². The average molecular weight is 424 g/mol. The van der Waals surface area contributed by atoms with Gasteiger partial charge in [-0.2, -0.15) is 0 Å². The molecule has 168 valence electrons. The number of hydrogen-bond acceptors (Lipinski definition) is 3. The van der Waals surface area contributed by atoms with Crippen molar-refractivity contribution in [1.29, 1.82) is 0 Å². The Morgan fingerprint density at radius 1 is 0.862 bits per heavy atom. The van der Waals surface area contributed by atoms with E-state index in [4.69, 9.17) is 4.74 Å². The van der Waals surface area contributed by atoms with Gasteiger partial charge in [0.15, 0.2) is 0 Å². The molecule has 4 heteroatoms. The van der Waals surface area contributed by atoms with Crippen molar-refractivity contribution in [2.75, 3.05) is 11.9 Å². The molecule has 1 aromatic heterocycles. The zero-order valence-electron chi connectivity index (χ0n) is 19.5. The summed E-state index contributed by atoms with van der Waals surface area (Å²) < 4.78 is 5.29. The summed E-state index contributed by atoms with van der Waals surface area (Å²) in [6, 6.07) is 3.79. The molecule has 1 amide bonds.